The molecule has 0 radical (unpaired) electrons. The molecular formula is C15H28O. The Kier molecular flexibility index (Phi) is 4.61. The van der Waals surface area contributed by atoms with Crippen molar-refractivity contribution in [3.63, 3.8) is 0 Å². The summed E-state index contributed by atoms with van der Waals surface area (Å²) in [6.45, 7) is 13.5. The largest absolute Gasteiger partial charge is 0.396 e. The zero-order chi connectivity index (χ0) is 12.3. The van der Waals surface area contributed by atoms with Crippen molar-refractivity contribution in [1.82, 2.24) is 0 Å². The molecule has 1 rings (SSSR count). The van der Waals surface area contributed by atoms with Gasteiger partial charge in [0.1, 0.15) is 0 Å². The predicted molar refractivity (Wildman–Crippen MR) is 70.2 cm³/mol. The fourth-order valence-electron chi connectivity index (χ4n) is 3.95. The molecule has 1 saturated carbocycles. The lowest BCUT2D eigenvalue weighted by Crippen LogP contribution is -2.40. The van der Waals surface area contributed by atoms with Crippen LogP contribution in [-0.2, 0) is 0 Å². The number of rotatable bonds is 4. The Morgan fingerprint density at radius 3 is 2.56 bits per heavy atom. The molecule has 4 atom stereocenters. The molecule has 1 heteroatoms. The summed E-state index contributed by atoms with van der Waals surface area (Å²) < 4.78 is 0. The Morgan fingerprint density at radius 1 is 1.50 bits per heavy atom. The second-order valence-electron chi connectivity index (χ2n) is 6.33. The van der Waals surface area contributed by atoms with E-state index in [9.17, 15) is 5.11 Å². The fraction of sp³-hybridized carbons (Fsp3) is 0.867. The highest BCUT2D eigenvalue weighted by Gasteiger charge is 2.41. The van der Waals surface area contributed by atoms with Crippen molar-refractivity contribution in [2.45, 2.75) is 47.0 Å². The minimum absolute atomic E-state index is 0.240. The molecule has 0 aromatic carbocycles. The van der Waals surface area contributed by atoms with Gasteiger partial charge in [0.15, 0.2) is 0 Å². The van der Waals surface area contributed by atoms with E-state index in [1.807, 2.05) is 6.08 Å². The highest BCUT2D eigenvalue weighted by molar-refractivity contribution is 4.94. The molecule has 94 valence electrons. The lowest BCUT2D eigenvalue weighted by molar-refractivity contribution is 0.0141. The van der Waals surface area contributed by atoms with E-state index in [0.717, 1.165) is 5.92 Å². The maximum Gasteiger partial charge on any atom is 0.0496 e. The third-order valence-electron chi connectivity index (χ3n) is 4.75. The predicted octanol–water partition coefficient (Wildman–Crippen LogP) is 3.88. The van der Waals surface area contributed by atoms with Crippen LogP contribution in [0.1, 0.15) is 47.0 Å². The molecule has 0 amide bonds. The summed E-state index contributed by atoms with van der Waals surface area (Å²) >= 11 is 0. The standard InChI is InChI=1S/C15H28O/c1-6-13(10-16)12(3)14-11(2)8-7-9-15(14,4)5/h6,11-14,16H,1,7-10H2,2-5H3. The molecule has 0 aromatic heterocycles. The zero-order valence-corrected chi connectivity index (χ0v) is 11.4. The Balaban J connectivity index is 2.84. The average Bonchev–Trinajstić information content (AvgIpc) is 2.17. The number of aliphatic hydroxyl groups excluding tert-OH is 1. The average molecular weight is 224 g/mol. The Labute approximate surface area is 101 Å². The lowest BCUT2D eigenvalue weighted by Gasteiger charge is -2.47. The topological polar surface area (TPSA) is 20.2 Å². The van der Waals surface area contributed by atoms with Gasteiger partial charge < -0.3 is 5.11 Å². The van der Waals surface area contributed by atoms with Crippen molar-refractivity contribution in [2.75, 3.05) is 6.61 Å². The van der Waals surface area contributed by atoms with Crippen molar-refractivity contribution < 1.29 is 5.11 Å². The molecule has 0 aliphatic heterocycles. The number of aliphatic hydroxyl groups is 1. The zero-order valence-electron chi connectivity index (χ0n) is 11.4. The Morgan fingerprint density at radius 2 is 2.12 bits per heavy atom. The van der Waals surface area contributed by atoms with Crippen LogP contribution < -0.4 is 0 Å². The molecular weight excluding hydrogens is 196 g/mol. The summed E-state index contributed by atoms with van der Waals surface area (Å²) in [4.78, 5) is 0. The summed E-state index contributed by atoms with van der Waals surface area (Å²) in [7, 11) is 0. The number of hydrogen-bond donors (Lipinski definition) is 1. The van der Waals surface area contributed by atoms with E-state index in [0.29, 0.717) is 17.3 Å². The quantitative estimate of drug-likeness (QED) is 0.719. The maximum absolute atomic E-state index is 9.41. The van der Waals surface area contributed by atoms with Crippen LogP contribution in [0.2, 0.25) is 0 Å². The van der Waals surface area contributed by atoms with Gasteiger partial charge in [-0.25, -0.2) is 0 Å². The second kappa shape index (κ2) is 5.35. The fourth-order valence-corrected chi connectivity index (χ4v) is 3.95. The third-order valence-corrected chi connectivity index (χ3v) is 4.75. The van der Waals surface area contributed by atoms with Gasteiger partial charge in [-0.05, 0) is 29.6 Å². The van der Waals surface area contributed by atoms with Crippen molar-refractivity contribution in [1.29, 1.82) is 0 Å². The van der Waals surface area contributed by atoms with Gasteiger partial charge in [-0.15, -0.1) is 6.58 Å². The molecule has 1 aliphatic carbocycles. The molecule has 4 unspecified atom stereocenters. The van der Waals surface area contributed by atoms with Crippen LogP contribution in [0.4, 0.5) is 0 Å². The first-order valence-corrected chi connectivity index (χ1v) is 6.67. The van der Waals surface area contributed by atoms with Crippen molar-refractivity contribution in [2.24, 2.45) is 29.1 Å². The van der Waals surface area contributed by atoms with Gasteiger partial charge in [-0.2, -0.15) is 0 Å². The van der Waals surface area contributed by atoms with Crippen molar-refractivity contribution in [3.05, 3.63) is 12.7 Å². The van der Waals surface area contributed by atoms with Gasteiger partial charge in [-0.1, -0.05) is 46.6 Å². The third kappa shape index (κ3) is 2.68. The van der Waals surface area contributed by atoms with Gasteiger partial charge in [-0.3, -0.25) is 0 Å². The van der Waals surface area contributed by atoms with E-state index in [1.54, 1.807) is 0 Å². The summed E-state index contributed by atoms with van der Waals surface area (Å²) in [5.74, 6) is 2.27. The summed E-state index contributed by atoms with van der Waals surface area (Å²) in [6, 6.07) is 0. The molecule has 0 saturated heterocycles. The van der Waals surface area contributed by atoms with Crippen LogP contribution in [0.25, 0.3) is 0 Å². The molecule has 0 bridgehead atoms. The lowest BCUT2D eigenvalue weighted by atomic mass is 9.58. The summed E-state index contributed by atoms with van der Waals surface area (Å²) in [6.07, 6.45) is 5.95. The van der Waals surface area contributed by atoms with E-state index < -0.39 is 0 Å². The molecule has 16 heavy (non-hydrogen) atoms. The van der Waals surface area contributed by atoms with Gasteiger partial charge in [0.05, 0.1) is 0 Å². The maximum atomic E-state index is 9.41. The molecule has 0 aromatic rings. The van der Waals surface area contributed by atoms with E-state index >= 15 is 0 Å². The van der Waals surface area contributed by atoms with Gasteiger partial charge in [0, 0.05) is 12.5 Å². The molecule has 1 nitrogen and oxygen atoms in total. The summed E-state index contributed by atoms with van der Waals surface area (Å²) in [5.41, 5.74) is 0.410. The van der Waals surface area contributed by atoms with E-state index in [2.05, 4.69) is 34.3 Å². The molecule has 0 heterocycles. The number of hydrogen-bond acceptors (Lipinski definition) is 1. The van der Waals surface area contributed by atoms with Crippen LogP contribution in [0, 0.1) is 29.1 Å². The van der Waals surface area contributed by atoms with E-state index in [1.165, 1.54) is 19.3 Å². The van der Waals surface area contributed by atoms with Crippen molar-refractivity contribution >= 4 is 0 Å². The molecule has 1 aliphatic rings. The van der Waals surface area contributed by atoms with Crippen LogP contribution in [0.5, 0.6) is 0 Å². The monoisotopic (exact) mass is 224 g/mol. The minimum atomic E-state index is 0.240. The Bertz CT molecular complexity index is 232. The van der Waals surface area contributed by atoms with E-state index in [4.69, 9.17) is 0 Å². The van der Waals surface area contributed by atoms with E-state index in [-0.39, 0.29) is 12.5 Å². The van der Waals surface area contributed by atoms with Crippen molar-refractivity contribution in [3.8, 4) is 0 Å². The highest BCUT2D eigenvalue weighted by Crippen LogP contribution is 2.49. The van der Waals surface area contributed by atoms with Crippen LogP contribution in [0.15, 0.2) is 12.7 Å². The van der Waals surface area contributed by atoms with Crippen LogP contribution in [0.3, 0.4) is 0 Å². The van der Waals surface area contributed by atoms with Crippen LogP contribution >= 0.6 is 0 Å². The first-order chi connectivity index (χ1) is 7.44. The normalized spacial score (nSPS) is 33.1. The highest BCUT2D eigenvalue weighted by atomic mass is 16.3. The first-order valence-electron chi connectivity index (χ1n) is 6.67. The SMILES string of the molecule is C=CC(CO)C(C)C1C(C)CCCC1(C)C. The molecule has 1 N–H and O–H groups in total. The summed E-state index contributed by atoms with van der Waals surface area (Å²) in [5, 5.41) is 9.41. The van der Waals surface area contributed by atoms with Gasteiger partial charge >= 0.3 is 0 Å². The molecule has 1 fully saturated rings. The van der Waals surface area contributed by atoms with Gasteiger partial charge in [0.2, 0.25) is 0 Å². The Hall–Kier alpha value is -0.300. The first kappa shape index (κ1) is 13.8. The minimum Gasteiger partial charge on any atom is -0.396 e. The molecule has 0 spiro atoms. The van der Waals surface area contributed by atoms with Crippen LogP contribution in [-0.4, -0.2) is 11.7 Å². The second-order valence-corrected chi connectivity index (χ2v) is 6.33. The smallest absolute Gasteiger partial charge is 0.0496 e. The van der Waals surface area contributed by atoms with Gasteiger partial charge in [0.25, 0.3) is 0 Å².